The first-order valence-corrected chi connectivity index (χ1v) is 9.07. The van der Waals surface area contributed by atoms with Gasteiger partial charge in [0.2, 0.25) is 6.79 Å². The lowest BCUT2D eigenvalue weighted by molar-refractivity contribution is -0.142. The molecule has 0 spiro atoms. The third kappa shape index (κ3) is 3.04. The predicted molar refractivity (Wildman–Crippen MR) is 94.7 cm³/mol. The quantitative estimate of drug-likeness (QED) is 0.655. The molecule has 2 aliphatic heterocycles. The number of nitrogens with zero attached hydrogens (tertiary/aromatic N) is 4. The minimum Gasteiger partial charge on any atom is -0.454 e. The smallest absolute Gasteiger partial charge is 0.433 e. The van der Waals surface area contributed by atoms with Gasteiger partial charge in [0.05, 0.1) is 5.69 Å². The highest BCUT2D eigenvalue weighted by atomic mass is 19.4. The maximum atomic E-state index is 13.7. The molecule has 29 heavy (non-hydrogen) atoms. The van der Waals surface area contributed by atoms with Gasteiger partial charge in [0.15, 0.2) is 28.5 Å². The molecule has 10 heteroatoms. The van der Waals surface area contributed by atoms with E-state index in [0.717, 1.165) is 18.9 Å². The van der Waals surface area contributed by atoms with Crippen molar-refractivity contribution < 1.29 is 27.4 Å². The number of ether oxygens (including phenoxy) is 2. The zero-order chi connectivity index (χ0) is 20.2. The molecular formula is C19H15F3N4O3. The van der Waals surface area contributed by atoms with Crippen molar-refractivity contribution in [3.8, 4) is 22.8 Å². The van der Waals surface area contributed by atoms with Gasteiger partial charge in [-0.1, -0.05) is 0 Å². The van der Waals surface area contributed by atoms with Crippen LogP contribution in [0.15, 0.2) is 30.3 Å². The molecule has 1 aromatic carbocycles. The van der Waals surface area contributed by atoms with Gasteiger partial charge in [0, 0.05) is 24.7 Å². The highest BCUT2D eigenvalue weighted by Crippen LogP contribution is 2.37. The largest absolute Gasteiger partial charge is 0.454 e. The van der Waals surface area contributed by atoms with Crippen LogP contribution >= 0.6 is 0 Å². The summed E-state index contributed by atoms with van der Waals surface area (Å²) in [5.41, 5.74) is -0.558. The van der Waals surface area contributed by atoms with E-state index in [9.17, 15) is 18.0 Å². The average Bonchev–Trinajstić information content (AvgIpc) is 3.45. The first kappa shape index (κ1) is 17.8. The highest BCUT2D eigenvalue weighted by molar-refractivity contribution is 5.93. The van der Waals surface area contributed by atoms with E-state index in [2.05, 4.69) is 10.1 Å². The Kier molecular flexibility index (Phi) is 3.90. The number of hydrogen-bond acceptors (Lipinski definition) is 5. The second-order valence-corrected chi connectivity index (χ2v) is 6.89. The summed E-state index contributed by atoms with van der Waals surface area (Å²) in [6.45, 7) is 1.22. The molecule has 0 radical (unpaired) electrons. The molecular weight excluding hydrogens is 389 g/mol. The molecule has 0 atom stereocenters. The van der Waals surface area contributed by atoms with Gasteiger partial charge < -0.3 is 14.4 Å². The third-order valence-electron chi connectivity index (χ3n) is 5.00. The fraction of sp³-hybridized carbons (Fsp3) is 0.316. The molecule has 0 aliphatic carbocycles. The van der Waals surface area contributed by atoms with E-state index in [-0.39, 0.29) is 29.7 Å². The lowest BCUT2D eigenvalue weighted by Crippen LogP contribution is -2.28. The third-order valence-corrected chi connectivity index (χ3v) is 5.00. The maximum absolute atomic E-state index is 13.7. The van der Waals surface area contributed by atoms with Gasteiger partial charge in [0.25, 0.3) is 5.91 Å². The van der Waals surface area contributed by atoms with Gasteiger partial charge in [-0.15, -0.1) is 0 Å². The molecule has 2 aromatic heterocycles. The van der Waals surface area contributed by atoms with Gasteiger partial charge in [0.1, 0.15) is 0 Å². The summed E-state index contributed by atoms with van der Waals surface area (Å²) < 4.78 is 52.4. The van der Waals surface area contributed by atoms with E-state index in [0.29, 0.717) is 34.7 Å². The standard InChI is InChI=1S/C19H15F3N4O3/c20-19(21,22)16-8-12(11-3-4-14-15(7-11)29-10-28-14)23-17-9-13(24-26(16)17)18(27)25-5-1-2-6-25/h3-4,7-9H,1-2,5-6,10H2. The van der Waals surface area contributed by atoms with Gasteiger partial charge >= 0.3 is 6.18 Å². The van der Waals surface area contributed by atoms with Crippen molar-refractivity contribution in [3.63, 3.8) is 0 Å². The first-order chi connectivity index (χ1) is 13.9. The van der Waals surface area contributed by atoms with E-state index in [1.165, 1.54) is 6.07 Å². The summed E-state index contributed by atoms with van der Waals surface area (Å²) in [5, 5.41) is 3.91. The predicted octanol–water partition coefficient (Wildman–Crippen LogP) is 3.38. The SMILES string of the molecule is O=C(c1cc2nc(-c3ccc4c(c3)OCO4)cc(C(F)(F)F)n2n1)N1CCCC1. The van der Waals surface area contributed by atoms with Crippen molar-refractivity contribution in [2.45, 2.75) is 19.0 Å². The van der Waals surface area contributed by atoms with Crippen LogP contribution in [0.2, 0.25) is 0 Å². The number of rotatable bonds is 2. The van der Waals surface area contributed by atoms with Gasteiger partial charge in [-0.3, -0.25) is 4.79 Å². The Bertz CT molecular complexity index is 1120. The molecule has 0 saturated carbocycles. The fourth-order valence-corrected chi connectivity index (χ4v) is 3.57. The minimum absolute atomic E-state index is 0.0463. The average molecular weight is 404 g/mol. The normalized spacial score (nSPS) is 16.0. The van der Waals surface area contributed by atoms with Crippen LogP contribution in [-0.4, -0.2) is 45.3 Å². The lowest BCUT2D eigenvalue weighted by atomic mass is 10.1. The molecule has 1 fully saturated rings. The number of amides is 1. The Balaban J connectivity index is 1.63. The summed E-state index contributed by atoms with van der Waals surface area (Å²) in [6, 6.07) is 7.02. The number of carbonyl (C=O) groups excluding carboxylic acids is 1. The van der Waals surface area contributed by atoms with Crippen LogP contribution < -0.4 is 9.47 Å². The number of alkyl halides is 3. The summed E-state index contributed by atoms with van der Waals surface area (Å²) in [7, 11) is 0. The van der Waals surface area contributed by atoms with Crippen molar-refractivity contribution in [1.29, 1.82) is 0 Å². The molecule has 7 nitrogen and oxygen atoms in total. The number of carbonyl (C=O) groups is 1. The fourth-order valence-electron chi connectivity index (χ4n) is 3.57. The monoisotopic (exact) mass is 404 g/mol. The molecule has 2 aliphatic rings. The van der Waals surface area contributed by atoms with E-state index in [1.54, 1.807) is 23.1 Å². The van der Waals surface area contributed by atoms with Crippen molar-refractivity contribution in [2.75, 3.05) is 19.9 Å². The van der Waals surface area contributed by atoms with E-state index < -0.39 is 11.9 Å². The van der Waals surface area contributed by atoms with Gasteiger partial charge in [-0.05, 0) is 37.1 Å². The maximum Gasteiger partial charge on any atom is 0.433 e. The first-order valence-electron chi connectivity index (χ1n) is 9.07. The van der Waals surface area contributed by atoms with Crippen molar-refractivity contribution in [2.24, 2.45) is 0 Å². The van der Waals surface area contributed by atoms with Crippen molar-refractivity contribution in [1.82, 2.24) is 19.5 Å². The van der Waals surface area contributed by atoms with Crippen LogP contribution in [0.25, 0.3) is 16.9 Å². The Morgan fingerprint density at radius 2 is 1.79 bits per heavy atom. The molecule has 1 saturated heterocycles. The molecule has 0 bridgehead atoms. The number of aromatic nitrogens is 3. The lowest BCUT2D eigenvalue weighted by Gasteiger charge is -2.13. The van der Waals surface area contributed by atoms with E-state index >= 15 is 0 Å². The van der Waals surface area contributed by atoms with Gasteiger partial charge in [-0.25, -0.2) is 9.50 Å². The van der Waals surface area contributed by atoms with Crippen LogP contribution in [0, 0.1) is 0 Å². The Hall–Kier alpha value is -3.30. The Morgan fingerprint density at radius 3 is 2.55 bits per heavy atom. The molecule has 5 rings (SSSR count). The van der Waals surface area contributed by atoms with Crippen LogP contribution in [-0.2, 0) is 6.18 Å². The van der Waals surface area contributed by atoms with Crippen LogP contribution in [0.1, 0.15) is 29.0 Å². The van der Waals surface area contributed by atoms with Crippen molar-refractivity contribution >= 4 is 11.6 Å². The molecule has 3 aromatic rings. The zero-order valence-electron chi connectivity index (χ0n) is 15.1. The van der Waals surface area contributed by atoms with Gasteiger partial charge in [-0.2, -0.15) is 18.3 Å². The van der Waals surface area contributed by atoms with E-state index in [1.807, 2.05) is 0 Å². The summed E-state index contributed by atoms with van der Waals surface area (Å²) in [4.78, 5) is 18.5. The number of fused-ring (bicyclic) bond motifs is 2. The van der Waals surface area contributed by atoms with Crippen LogP contribution in [0.5, 0.6) is 11.5 Å². The van der Waals surface area contributed by atoms with E-state index in [4.69, 9.17) is 9.47 Å². The summed E-state index contributed by atoms with van der Waals surface area (Å²) >= 11 is 0. The molecule has 4 heterocycles. The summed E-state index contributed by atoms with van der Waals surface area (Å²) in [6.07, 6.45) is -2.93. The molecule has 0 N–H and O–H groups in total. The van der Waals surface area contributed by atoms with Crippen molar-refractivity contribution in [3.05, 3.63) is 41.7 Å². The molecule has 1 amide bonds. The van der Waals surface area contributed by atoms with Crippen LogP contribution in [0.3, 0.4) is 0 Å². The number of benzene rings is 1. The van der Waals surface area contributed by atoms with Crippen LogP contribution in [0.4, 0.5) is 13.2 Å². The topological polar surface area (TPSA) is 69.0 Å². The number of likely N-dealkylation sites (tertiary alicyclic amines) is 1. The minimum atomic E-state index is -4.67. The highest BCUT2D eigenvalue weighted by Gasteiger charge is 2.36. The number of hydrogen-bond donors (Lipinski definition) is 0. The second-order valence-electron chi connectivity index (χ2n) is 6.89. The number of halogens is 3. The molecule has 150 valence electrons. The summed E-state index contributed by atoms with van der Waals surface area (Å²) in [5.74, 6) is 0.579. The Morgan fingerprint density at radius 1 is 1.03 bits per heavy atom. The Labute approximate surface area is 162 Å². The molecule has 0 unspecified atom stereocenters. The second kappa shape index (κ2) is 6.36. The zero-order valence-corrected chi connectivity index (χ0v) is 15.1.